The zero-order chi connectivity index (χ0) is 54.2. The molecule has 3 unspecified atom stereocenters. The van der Waals surface area contributed by atoms with Gasteiger partial charge in [0.1, 0.15) is 13.2 Å². The lowest BCUT2D eigenvalue weighted by Crippen LogP contribution is -2.45. The highest BCUT2D eigenvalue weighted by molar-refractivity contribution is 7.47. The van der Waals surface area contributed by atoms with Crippen molar-refractivity contribution in [3.8, 4) is 0 Å². The molecule has 0 aliphatic heterocycles. The predicted molar refractivity (Wildman–Crippen MR) is 322 cm³/mol. The zero-order valence-corrected chi connectivity index (χ0v) is 48.9. The average molecular weight is 1050 g/mol. The number of amides is 1. The maximum atomic E-state index is 13.0. The maximum Gasteiger partial charge on any atom is 0.472 e. The Kier molecular flexibility index (Phi) is 52.0. The Hall–Kier alpha value is -3.36. The van der Waals surface area contributed by atoms with Gasteiger partial charge in [0.15, 0.2) is 0 Å². The summed E-state index contributed by atoms with van der Waals surface area (Å²) >= 11 is 0. The first-order chi connectivity index (χ1) is 36.0. The van der Waals surface area contributed by atoms with E-state index < -0.39 is 20.0 Å². The van der Waals surface area contributed by atoms with Crippen LogP contribution in [0.4, 0.5) is 0 Å². The van der Waals surface area contributed by atoms with E-state index in [0.717, 1.165) is 89.9 Å². The molecule has 0 aromatic carbocycles. The number of unbranched alkanes of at least 4 members (excludes halogenated alkanes) is 19. The summed E-state index contributed by atoms with van der Waals surface area (Å²) in [6.07, 6.45) is 82.8. The maximum absolute atomic E-state index is 13.0. The van der Waals surface area contributed by atoms with Gasteiger partial charge in [0, 0.05) is 6.42 Å². The van der Waals surface area contributed by atoms with Crippen LogP contribution in [0, 0.1) is 0 Å². The van der Waals surface area contributed by atoms with Gasteiger partial charge in [-0.3, -0.25) is 13.8 Å². The van der Waals surface area contributed by atoms with E-state index in [9.17, 15) is 19.4 Å². The van der Waals surface area contributed by atoms with Crippen molar-refractivity contribution in [2.75, 3.05) is 40.9 Å². The number of phosphoric acid groups is 1. The van der Waals surface area contributed by atoms with Crippen LogP contribution in [0.3, 0.4) is 0 Å². The number of phosphoric ester groups is 1. The molecule has 3 N–H and O–H groups in total. The lowest BCUT2D eigenvalue weighted by molar-refractivity contribution is -0.870. The number of quaternary nitrogens is 1. The summed E-state index contributed by atoms with van der Waals surface area (Å²) in [7, 11) is 1.50. The molecule has 8 nitrogen and oxygen atoms in total. The fourth-order valence-electron chi connectivity index (χ4n) is 7.74. The summed E-state index contributed by atoms with van der Waals surface area (Å²) in [6, 6.07) is -0.905. The van der Waals surface area contributed by atoms with Crippen LogP contribution >= 0.6 is 7.82 Å². The molecule has 3 atom stereocenters. The molecule has 1 amide bonds. The molecule has 422 valence electrons. The number of rotatable bonds is 52. The van der Waals surface area contributed by atoms with Gasteiger partial charge in [-0.25, -0.2) is 4.57 Å². The molecule has 0 aliphatic rings. The number of aliphatic hydroxyl groups excluding tert-OH is 1. The summed E-state index contributed by atoms with van der Waals surface area (Å²) in [6.45, 7) is 4.63. The summed E-state index contributed by atoms with van der Waals surface area (Å²) < 4.78 is 23.7. The lowest BCUT2D eigenvalue weighted by atomic mass is 10.0. The Labute approximate surface area is 456 Å². The van der Waals surface area contributed by atoms with Crippen molar-refractivity contribution in [3.05, 3.63) is 134 Å². The minimum Gasteiger partial charge on any atom is -0.387 e. The van der Waals surface area contributed by atoms with Gasteiger partial charge in [-0.05, 0) is 109 Å². The molecule has 0 aliphatic carbocycles. The second kappa shape index (κ2) is 54.4. The van der Waals surface area contributed by atoms with Gasteiger partial charge in [0.2, 0.25) is 5.91 Å². The number of nitrogens with zero attached hydrogens (tertiary/aromatic N) is 1. The number of allylic oxidation sites excluding steroid dienone is 21. The number of carbonyl (C=O) groups is 1. The Balaban J connectivity index is 4.42. The number of carbonyl (C=O) groups excluding carboxylic acids is 1. The van der Waals surface area contributed by atoms with Gasteiger partial charge in [0.25, 0.3) is 0 Å². The molecule has 74 heavy (non-hydrogen) atoms. The van der Waals surface area contributed by atoms with Gasteiger partial charge in [-0.15, -0.1) is 0 Å². The van der Waals surface area contributed by atoms with Gasteiger partial charge in [-0.1, -0.05) is 237 Å². The smallest absolute Gasteiger partial charge is 0.387 e. The number of nitrogens with one attached hydrogen (secondary N) is 1. The summed E-state index contributed by atoms with van der Waals surface area (Å²) in [4.78, 5) is 23.3. The number of hydrogen-bond acceptors (Lipinski definition) is 5. The van der Waals surface area contributed by atoms with E-state index in [1.165, 1.54) is 103 Å². The Morgan fingerprint density at radius 2 is 0.824 bits per heavy atom. The van der Waals surface area contributed by atoms with Crippen molar-refractivity contribution in [2.45, 2.75) is 231 Å². The average Bonchev–Trinajstić information content (AvgIpc) is 3.36. The third-order valence-electron chi connectivity index (χ3n) is 12.3. The highest BCUT2D eigenvalue weighted by atomic mass is 31.2. The molecule has 0 aromatic rings. The fraction of sp³-hybridized carbons (Fsp3) is 0.646. The van der Waals surface area contributed by atoms with Crippen molar-refractivity contribution in [1.82, 2.24) is 5.32 Å². The molecular weight excluding hydrogens is 936 g/mol. The molecule has 0 aromatic heterocycles. The molecule has 0 spiro atoms. The van der Waals surface area contributed by atoms with Crippen molar-refractivity contribution >= 4 is 13.7 Å². The highest BCUT2D eigenvalue weighted by Crippen LogP contribution is 2.43. The molecule has 0 rings (SSSR count). The van der Waals surface area contributed by atoms with E-state index in [0.29, 0.717) is 17.4 Å². The van der Waals surface area contributed by atoms with E-state index in [4.69, 9.17) is 9.05 Å². The van der Waals surface area contributed by atoms with Crippen molar-refractivity contribution < 1.29 is 32.9 Å². The Bertz CT molecular complexity index is 1660. The van der Waals surface area contributed by atoms with Crippen molar-refractivity contribution in [2.24, 2.45) is 0 Å². The van der Waals surface area contributed by atoms with Crippen LogP contribution < -0.4 is 5.32 Å². The Morgan fingerprint density at radius 3 is 1.24 bits per heavy atom. The molecule has 0 bridgehead atoms. The first-order valence-corrected chi connectivity index (χ1v) is 31.1. The van der Waals surface area contributed by atoms with E-state index in [1.807, 2.05) is 27.2 Å². The minimum atomic E-state index is -4.38. The first kappa shape index (κ1) is 70.6. The topological polar surface area (TPSA) is 105 Å². The molecule has 0 radical (unpaired) electrons. The molecule has 0 fully saturated rings. The molecule has 0 heterocycles. The van der Waals surface area contributed by atoms with E-state index in [1.54, 1.807) is 6.08 Å². The van der Waals surface area contributed by atoms with Crippen molar-refractivity contribution in [1.29, 1.82) is 0 Å². The van der Waals surface area contributed by atoms with Crippen LogP contribution in [0.15, 0.2) is 134 Å². The van der Waals surface area contributed by atoms with Crippen LogP contribution in [0.2, 0.25) is 0 Å². The number of aliphatic hydroxyl groups is 1. The standard InChI is InChI=1S/C65H111N2O6P/c1-6-8-10-12-14-16-18-20-22-24-26-28-30-32-33-35-37-39-41-43-45-47-49-51-53-55-57-59-65(69)66-63(62-73-74(70,71)72-61-60-67(3,4)5)64(68)58-56-54-52-50-48-46-44-42-40-38-36-34-31-29-27-25-23-21-19-17-15-13-11-9-7-2/h8,10,14,16,20,22,26,28,32-33,37,39-40,42-43,45,48-51,56,58,63-64,68H,6-7,9,11-13,15,17-19,21,23-25,27,29-31,34-36,38,41,44,46-47,52-55,57,59-62H2,1-5H3,(H-,66,69,70,71)/p+1/b10-8-,16-14-,22-20-,28-26-,33-32-,39-37-,42-40+,45-43-,50-48+,51-49-,58-56+. The first-order valence-electron chi connectivity index (χ1n) is 29.6. The minimum absolute atomic E-state index is 0.0369. The molecule has 0 saturated carbocycles. The Morgan fingerprint density at radius 1 is 0.473 bits per heavy atom. The second-order valence-corrected chi connectivity index (χ2v) is 22.1. The predicted octanol–water partition coefficient (Wildman–Crippen LogP) is 18.3. The van der Waals surface area contributed by atoms with Gasteiger partial charge in [-0.2, -0.15) is 0 Å². The third-order valence-corrected chi connectivity index (χ3v) is 13.3. The quantitative estimate of drug-likeness (QED) is 0.0243. The van der Waals surface area contributed by atoms with Gasteiger partial charge < -0.3 is 19.8 Å². The molecule has 0 saturated heterocycles. The number of likely N-dealkylation sites (N-methyl/N-ethyl adjacent to an activating group) is 1. The largest absolute Gasteiger partial charge is 0.472 e. The van der Waals surface area contributed by atoms with Crippen LogP contribution in [0.1, 0.15) is 219 Å². The third kappa shape index (κ3) is 56.4. The van der Waals surface area contributed by atoms with Crippen LogP contribution in [0.25, 0.3) is 0 Å². The van der Waals surface area contributed by atoms with E-state index in [-0.39, 0.29) is 25.5 Å². The SMILES string of the molecule is CC/C=C\C/C=C\C/C=C\C/C=C\C/C=C\C/C=C\C/C=C\C/C=C\CCCCC(=O)NC(COP(=O)(O)OCC[N+](C)(C)C)C(O)/C=C/CC/C=C/CC/C=C/CCCCCCCCCCCCCCCCC. The summed E-state index contributed by atoms with van der Waals surface area (Å²) in [5.74, 6) is -0.238. The van der Waals surface area contributed by atoms with Crippen LogP contribution in [-0.4, -0.2) is 73.4 Å². The lowest BCUT2D eigenvalue weighted by Gasteiger charge is -2.25. The highest BCUT2D eigenvalue weighted by Gasteiger charge is 2.27. The van der Waals surface area contributed by atoms with Crippen molar-refractivity contribution in [3.63, 3.8) is 0 Å². The van der Waals surface area contributed by atoms with Gasteiger partial charge in [0.05, 0.1) is 39.9 Å². The molecular formula is C65H112N2O6P+. The molecule has 9 heteroatoms. The van der Waals surface area contributed by atoms with Crippen LogP contribution in [0.5, 0.6) is 0 Å². The van der Waals surface area contributed by atoms with E-state index in [2.05, 4.69) is 141 Å². The van der Waals surface area contributed by atoms with Gasteiger partial charge >= 0.3 is 7.82 Å². The fourth-order valence-corrected chi connectivity index (χ4v) is 8.47. The van der Waals surface area contributed by atoms with E-state index >= 15 is 0 Å². The normalized spacial score (nSPS) is 14.9. The monoisotopic (exact) mass is 1050 g/mol. The second-order valence-electron chi connectivity index (χ2n) is 20.6. The van der Waals surface area contributed by atoms with Crippen LogP contribution in [-0.2, 0) is 18.4 Å². The zero-order valence-electron chi connectivity index (χ0n) is 48.0. The number of hydrogen-bond donors (Lipinski definition) is 3. The summed E-state index contributed by atoms with van der Waals surface area (Å²) in [5, 5.41) is 13.9. The summed E-state index contributed by atoms with van der Waals surface area (Å²) in [5.41, 5.74) is 0.